The highest BCUT2D eigenvalue weighted by Gasteiger charge is 2.22. The van der Waals surface area contributed by atoms with Crippen LogP contribution in [0.15, 0.2) is 91.0 Å². The van der Waals surface area contributed by atoms with Gasteiger partial charge in [0.05, 0.1) is 16.7 Å². The fraction of sp³-hybridized carbons (Fsp3) is 0.118. The lowest BCUT2D eigenvalue weighted by atomic mass is 9.99. The predicted molar refractivity (Wildman–Crippen MR) is 169 cm³/mol. The van der Waals surface area contributed by atoms with Crippen molar-refractivity contribution in [2.45, 2.75) is 26.6 Å². The van der Waals surface area contributed by atoms with Gasteiger partial charge in [0.2, 0.25) is 0 Å². The van der Waals surface area contributed by atoms with E-state index in [1.807, 2.05) is 23.5 Å². The molecule has 0 aliphatic heterocycles. The Morgan fingerprint density at radius 2 is 1.59 bits per heavy atom. The molecule has 4 aromatic heterocycles. The minimum atomic E-state index is -2.25. The second-order valence-corrected chi connectivity index (χ2v) is 12.3. The summed E-state index contributed by atoms with van der Waals surface area (Å²) in [5.74, 6) is 1.26. The number of nitrogens with zero attached hydrogens (tertiary/aromatic N) is 3. The Bertz CT molecular complexity index is 2340. The number of imidazole rings is 1. The van der Waals surface area contributed by atoms with Crippen molar-refractivity contribution in [2.24, 2.45) is 0 Å². The molecule has 3 nitrogen and oxygen atoms in total. The van der Waals surface area contributed by atoms with Gasteiger partial charge in [-0.25, -0.2) is 9.97 Å². The van der Waals surface area contributed by atoms with Gasteiger partial charge in [-0.2, -0.15) is 0 Å². The van der Waals surface area contributed by atoms with Crippen LogP contribution < -0.4 is 0 Å². The minimum Gasteiger partial charge on any atom is -0.292 e. The molecule has 0 atom stereocenters. The van der Waals surface area contributed by atoms with Gasteiger partial charge in [-0.15, -0.1) is 22.7 Å². The van der Waals surface area contributed by atoms with Gasteiger partial charge in [-0.3, -0.25) is 4.57 Å². The summed E-state index contributed by atoms with van der Waals surface area (Å²) in [7, 11) is 0. The molecule has 4 heterocycles. The van der Waals surface area contributed by atoms with Crippen molar-refractivity contribution in [3.05, 3.63) is 102 Å². The topological polar surface area (TPSA) is 30.7 Å². The zero-order valence-corrected chi connectivity index (χ0v) is 23.0. The van der Waals surface area contributed by atoms with E-state index >= 15 is 0 Å². The molecule has 0 unspecified atom stereocenters. The second-order valence-electron chi connectivity index (χ2n) is 10.2. The van der Waals surface area contributed by atoms with Gasteiger partial charge in [0.15, 0.2) is 0 Å². The third-order valence-electron chi connectivity index (χ3n) is 7.56. The van der Waals surface area contributed by atoms with E-state index in [0.717, 1.165) is 48.4 Å². The summed E-state index contributed by atoms with van der Waals surface area (Å²) in [6, 6.07) is 31.3. The first-order chi connectivity index (χ1) is 20.3. The Labute approximate surface area is 238 Å². The molecule has 0 radical (unpaired) electrons. The maximum Gasteiger partial charge on any atom is 0.147 e. The van der Waals surface area contributed by atoms with E-state index in [1.165, 1.54) is 37.1 Å². The molecule has 0 bridgehead atoms. The molecule has 0 aliphatic carbocycles. The largest absolute Gasteiger partial charge is 0.292 e. The number of fused-ring (bicyclic) bond motifs is 7. The Hall–Kier alpha value is -4.06. The van der Waals surface area contributed by atoms with Crippen LogP contribution >= 0.6 is 22.7 Å². The number of aryl methyl sites for hydroxylation is 1. The summed E-state index contributed by atoms with van der Waals surface area (Å²) < 4.78 is 29.5. The lowest BCUT2D eigenvalue weighted by Gasteiger charge is -2.15. The van der Waals surface area contributed by atoms with Gasteiger partial charge in [0.25, 0.3) is 0 Å². The molecule has 4 aromatic carbocycles. The van der Waals surface area contributed by atoms with Crippen molar-refractivity contribution in [3.8, 4) is 17.1 Å². The number of para-hydroxylation sites is 2. The van der Waals surface area contributed by atoms with Gasteiger partial charge in [-0.05, 0) is 60.8 Å². The zero-order chi connectivity index (χ0) is 28.7. The number of pyridine rings is 1. The minimum absolute atomic E-state index is 0.118. The van der Waals surface area contributed by atoms with Crippen LogP contribution in [0.25, 0.3) is 68.6 Å². The molecular weight excluding hydrogens is 515 g/mol. The van der Waals surface area contributed by atoms with Gasteiger partial charge < -0.3 is 0 Å². The molecule has 8 aromatic rings. The van der Waals surface area contributed by atoms with Crippen molar-refractivity contribution < 1.29 is 4.11 Å². The van der Waals surface area contributed by atoms with Crippen LogP contribution in [-0.2, 0) is 0 Å². The monoisotopic (exact) mass is 542 g/mol. The Balaban J connectivity index is 1.48. The number of hydrogen-bond donors (Lipinski definition) is 0. The third kappa shape index (κ3) is 3.33. The molecule has 0 amide bonds. The first-order valence-electron chi connectivity index (χ1n) is 14.5. The normalized spacial score (nSPS) is 13.7. The lowest BCUT2D eigenvalue weighted by molar-refractivity contribution is 0.877. The first-order valence-corrected chi connectivity index (χ1v) is 14.7. The van der Waals surface area contributed by atoms with Crippen LogP contribution in [0.2, 0.25) is 0 Å². The Kier molecular flexibility index (Phi) is 4.33. The van der Waals surface area contributed by atoms with E-state index in [1.54, 1.807) is 6.07 Å². The average molecular weight is 543 g/mol. The van der Waals surface area contributed by atoms with E-state index in [4.69, 9.17) is 9.10 Å². The first kappa shape index (κ1) is 19.9. The smallest absolute Gasteiger partial charge is 0.147 e. The van der Waals surface area contributed by atoms with E-state index in [-0.39, 0.29) is 5.69 Å². The van der Waals surface area contributed by atoms with Crippen LogP contribution in [0.5, 0.6) is 0 Å². The summed E-state index contributed by atoms with van der Waals surface area (Å²) in [6.07, 6.45) is 0. The fourth-order valence-electron chi connectivity index (χ4n) is 5.78. The molecule has 188 valence electrons. The van der Waals surface area contributed by atoms with Crippen LogP contribution in [0.4, 0.5) is 0 Å². The molecule has 0 spiro atoms. The molecule has 0 saturated carbocycles. The molecule has 0 N–H and O–H groups in total. The average Bonchev–Trinajstić information content (AvgIpc) is 3.67. The highest BCUT2D eigenvalue weighted by atomic mass is 32.1. The summed E-state index contributed by atoms with van der Waals surface area (Å²) in [6.45, 7) is 2.26. The standard InChI is InChI=1S/C34H25N3S2/c1-19(2)21-17-18-28(30-24-9-4-7-14-29(24)38-32(21)30)37-27-13-6-5-12-26(27)36-33(37)25-11-8-10-22-23-16-15-20(3)35-34(23)39-31(22)25/h4-19H,1-3H3/i3D3. The predicted octanol–water partition coefficient (Wildman–Crippen LogP) is 10.3. The van der Waals surface area contributed by atoms with Crippen molar-refractivity contribution in [1.29, 1.82) is 0 Å². The molecule has 0 fully saturated rings. The summed E-state index contributed by atoms with van der Waals surface area (Å²) >= 11 is 3.39. The molecule has 39 heavy (non-hydrogen) atoms. The van der Waals surface area contributed by atoms with Crippen molar-refractivity contribution in [2.75, 3.05) is 0 Å². The zero-order valence-electron chi connectivity index (χ0n) is 24.4. The fourth-order valence-corrected chi connectivity index (χ4v) is 8.34. The van der Waals surface area contributed by atoms with Crippen LogP contribution in [0.1, 0.15) is 35.1 Å². The van der Waals surface area contributed by atoms with Crippen molar-refractivity contribution >= 4 is 74.2 Å². The Morgan fingerprint density at radius 3 is 2.49 bits per heavy atom. The molecular formula is C34H25N3S2. The molecule has 0 saturated heterocycles. The SMILES string of the molecule is [2H]C([2H])([2H])c1ccc2c(n1)sc1c(-c3nc4ccccc4n3-c3ccc(C(C)C)c4sc5ccccc5c34)cccc12. The summed E-state index contributed by atoms with van der Waals surface area (Å²) in [4.78, 5) is 10.5. The van der Waals surface area contributed by atoms with Gasteiger partial charge in [-0.1, -0.05) is 62.4 Å². The van der Waals surface area contributed by atoms with Gasteiger partial charge in [0.1, 0.15) is 10.7 Å². The Morgan fingerprint density at radius 1 is 0.744 bits per heavy atom. The highest BCUT2D eigenvalue weighted by Crippen LogP contribution is 2.45. The lowest BCUT2D eigenvalue weighted by Crippen LogP contribution is -2.00. The van der Waals surface area contributed by atoms with Crippen molar-refractivity contribution in [3.63, 3.8) is 0 Å². The number of aromatic nitrogens is 3. The number of rotatable bonds is 3. The van der Waals surface area contributed by atoms with E-state index < -0.39 is 6.85 Å². The van der Waals surface area contributed by atoms with Crippen LogP contribution in [-0.4, -0.2) is 14.5 Å². The summed E-state index contributed by atoms with van der Waals surface area (Å²) in [5, 5.41) is 4.51. The van der Waals surface area contributed by atoms with Gasteiger partial charge in [0, 0.05) is 51.0 Å². The van der Waals surface area contributed by atoms with Crippen LogP contribution in [0, 0.1) is 6.85 Å². The molecule has 8 rings (SSSR count). The van der Waals surface area contributed by atoms with E-state index in [0.29, 0.717) is 5.92 Å². The van der Waals surface area contributed by atoms with Crippen molar-refractivity contribution in [1.82, 2.24) is 14.5 Å². The molecule has 0 aliphatic rings. The molecule has 5 heteroatoms. The van der Waals surface area contributed by atoms with Crippen LogP contribution in [0.3, 0.4) is 0 Å². The number of hydrogen-bond acceptors (Lipinski definition) is 4. The third-order valence-corrected chi connectivity index (χ3v) is 9.93. The van der Waals surface area contributed by atoms with E-state index in [9.17, 15) is 0 Å². The summed E-state index contributed by atoms with van der Waals surface area (Å²) in [5.41, 5.74) is 5.55. The van der Waals surface area contributed by atoms with Gasteiger partial charge >= 0.3 is 0 Å². The number of thiophene rings is 2. The number of benzene rings is 4. The maximum absolute atomic E-state index is 7.86. The van der Waals surface area contributed by atoms with E-state index in [2.05, 4.69) is 96.2 Å². The maximum atomic E-state index is 7.86. The quantitative estimate of drug-likeness (QED) is 0.222. The highest BCUT2D eigenvalue weighted by molar-refractivity contribution is 7.26. The second kappa shape index (κ2) is 8.47.